The van der Waals surface area contributed by atoms with E-state index in [-0.39, 0.29) is 0 Å². The molecule has 0 saturated heterocycles. The lowest BCUT2D eigenvalue weighted by Gasteiger charge is -2.07. The van der Waals surface area contributed by atoms with E-state index in [1.807, 2.05) is 72.4 Å². The molecule has 4 heterocycles. The van der Waals surface area contributed by atoms with Crippen LogP contribution >= 0.6 is 11.3 Å². The molecular formula is C27H21N5OS. The van der Waals surface area contributed by atoms with Crippen LogP contribution in [-0.2, 0) is 6.61 Å². The van der Waals surface area contributed by atoms with Crippen LogP contribution in [0.2, 0.25) is 0 Å². The first-order chi connectivity index (χ1) is 16.8. The highest BCUT2D eigenvalue weighted by Crippen LogP contribution is 2.41. The van der Waals surface area contributed by atoms with Crippen molar-refractivity contribution in [2.45, 2.75) is 13.5 Å². The fourth-order valence-electron chi connectivity index (χ4n) is 4.01. The van der Waals surface area contributed by atoms with Crippen molar-refractivity contribution >= 4 is 16.9 Å². The minimum atomic E-state index is 0.511. The summed E-state index contributed by atoms with van der Waals surface area (Å²) in [7, 11) is 0. The molecule has 6 nitrogen and oxygen atoms in total. The SMILES string of the molecule is Cc1nn2ccc(OCc3ccccc3)cc2c1-c1nc(-c2ccccc2)c(-c2ncc[nH]2)s1. The van der Waals surface area contributed by atoms with E-state index in [0.29, 0.717) is 6.61 Å². The van der Waals surface area contributed by atoms with E-state index in [1.54, 1.807) is 17.5 Å². The van der Waals surface area contributed by atoms with Gasteiger partial charge in [-0.3, -0.25) is 0 Å². The van der Waals surface area contributed by atoms with Crippen molar-refractivity contribution in [1.29, 1.82) is 0 Å². The van der Waals surface area contributed by atoms with Gasteiger partial charge in [-0.15, -0.1) is 11.3 Å². The molecule has 6 rings (SSSR count). The Morgan fingerprint density at radius 2 is 1.79 bits per heavy atom. The lowest BCUT2D eigenvalue weighted by molar-refractivity contribution is 0.306. The molecule has 0 spiro atoms. The molecule has 34 heavy (non-hydrogen) atoms. The zero-order chi connectivity index (χ0) is 22.9. The van der Waals surface area contributed by atoms with Gasteiger partial charge in [-0.05, 0) is 18.6 Å². The molecule has 7 heteroatoms. The lowest BCUT2D eigenvalue weighted by atomic mass is 10.1. The van der Waals surface area contributed by atoms with Crippen LogP contribution in [0.5, 0.6) is 5.75 Å². The number of H-pyrrole nitrogens is 1. The molecule has 0 atom stereocenters. The quantitative estimate of drug-likeness (QED) is 0.310. The number of ether oxygens (including phenoxy) is 1. The van der Waals surface area contributed by atoms with E-state index in [2.05, 4.69) is 34.2 Å². The van der Waals surface area contributed by atoms with Gasteiger partial charge in [0, 0.05) is 30.2 Å². The Kier molecular flexibility index (Phi) is 5.16. The number of nitrogens with one attached hydrogen (secondary N) is 1. The molecule has 1 N–H and O–H groups in total. The van der Waals surface area contributed by atoms with Crippen molar-refractivity contribution in [1.82, 2.24) is 24.6 Å². The van der Waals surface area contributed by atoms with Gasteiger partial charge in [-0.1, -0.05) is 60.7 Å². The highest BCUT2D eigenvalue weighted by Gasteiger charge is 2.22. The number of aryl methyl sites for hydroxylation is 1. The number of benzene rings is 2. The van der Waals surface area contributed by atoms with Crippen molar-refractivity contribution in [3.8, 4) is 38.3 Å². The highest BCUT2D eigenvalue weighted by atomic mass is 32.1. The van der Waals surface area contributed by atoms with Crippen molar-refractivity contribution in [2.24, 2.45) is 0 Å². The van der Waals surface area contributed by atoms with Gasteiger partial charge >= 0.3 is 0 Å². The Bertz CT molecular complexity index is 1550. The number of rotatable bonds is 6. The molecule has 0 fully saturated rings. The highest BCUT2D eigenvalue weighted by molar-refractivity contribution is 7.19. The molecule has 0 aliphatic heterocycles. The lowest BCUT2D eigenvalue weighted by Crippen LogP contribution is -1.96. The average Bonchev–Trinajstić information content (AvgIpc) is 3.62. The third-order valence-corrected chi connectivity index (χ3v) is 6.71. The molecule has 0 unspecified atom stereocenters. The zero-order valence-electron chi connectivity index (χ0n) is 18.5. The predicted octanol–water partition coefficient (Wildman–Crippen LogP) is 6.40. The van der Waals surface area contributed by atoms with Gasteiger partial charge in [0.2, 0.25) is 0 Å². The number of hydrogen-bond acceptors (Lipinski definition) is 5. The fourth-order valence-corrected chi connectivity index (χ4v) is 5.16. The number of aromatic nitrogens is 5. The maximum Gasteiger partial charge on any atom is 0.149 e. The second kappa shape index (κ2) is 8.61. The maximum absolute atomic E-state index is 6.08. The van der Waals surface area contributed by atoms with Crippen LogP contribution in [0.4, 0.5) is 0 Å². The van der Waals surface area contributed by atoms with Crippen LogP contribution < -0.4 is 4.74 Å². The van der Waals surface area contributed by atoms with Crippen LogP contribution in [0.25, 0.3) is 38.0 Å². The summed E-state index contributed by atoms with van der Waals surface area (Å²) < 4.78 is 7.97. The summed E-state index contributed by atoms with van der Waals surface area (Å²) in [5.74, 6) is 1.60. The molecule has 0 aliphatic rings. The number of thiazole rings is 1. The topological polar surface area (TPSA) is 68.1 Å². The molecule has 4 aromatic heterocycles. The second-order valence-corrected chi connectivity index (χ2v) is 8.93. The fraction of sp³-hybridized carbons (Fsp3) is 0.0741. The summed E-state index contributed by atoms with van der Waals surface area (Å²) in [6.45, 7) is 2.53. The monoisotopic (exact) mass is 463 g/mol. The largest absolute Gasteiger partial charge is 0.489 e. The zero-order valence-corrected chi connectivity index (χ0v) is 19.3. The Hall–Kier alpha value is -4.23. The van der Waals surface area contributed by atoms with Crippen LogP contribution in [0.15, 0.2) is 91.4 Å². The van der Waals surface area contributed by atoms with E-state index in [1.165, 1.54) is 0 Å². The van der Waals surface area contributed by atoms with Gasteiger partial charge in [-0.25, -0.2) is 14.5 Å². The molecule has 0 aliphatic carbocycles. The maximum atomic E-state index is 6.08. The van der Waals surface area contributed by atoms with E-state index in [9.17, 15) is 0 Å². The first kappa shape index (κ1) is 20.4. The summed E-state index contributed by atoms with van der Waals surface area (Å²) in [6.07, 6.45) is 5.53. The number of nitrogens with zero attached hydrogens (tertiary/aromatic N) is 4. The second-order valence-electron chi connectivity index (χ2n) is 7.93. The van der Waals surface area contributed by atoms with Gasteiger partial charge in [0.1, 0.15) is 23.2 Å². The summed E-state index contributed by atoms with van der Waals surface area (Å²) in [6, 6.07) is 24.3. The standard InChI is InChI=1S/C27H21N5OS/c1-18-23(22-16-21(12-15-32(22)31-18)33-17-19-8-4-2-5-9-19)27-30-24(20-10-6-3-7-11-20)25(34-27)26-28-13-14-29-26/h2-16H,17H2,1H3,(H,28,29). The minimum absolute atomic E-state index is 0.511. The summed E-state index contributed by atoms with van der Waals surface area (Å²) in [5, 5.41) is 5.63. The first-order valence-electron chi connectivity index (χ1n) is 11.0. The summed E-state index contributed by atoms with van der Waals surface area (Å²) in [5.41, 5.74) is 5.97. The average molecular weight is 464 g/mol. The Morgan fingerprint density at radius 3 is 2.56 bits per heavy atom. The number of fused-ring (bicyclic) bond motifs is 1. The molecule has 0 saturated carbocycles. The van der Waals surface area contributed by atoms with Crippen LogP contribution in [0, 0.1) is 6.92 Å². The molecule has 166 valence electrons. The molecule has 6 aromatic rings. The van der Waals surface area contributed by atoms with E-state index in [4.69, 9.17) is 14.8 Å². The van der Waals surface area contributed by atoms with Crippen molar-refractivity contribution in [3.05, 3.63) is 103 Å². The number of aromatic amines is 1. The predicted molar refractivity (Wildman–Crippen MR) is 135 cm³/mol. The Balaban J connectivity index is 1.44. The van der Waals surface area contributed by atoms with Gasteiger partial charge in [0.05, 0.1) is 27.3 Å². The number of hydrogen-bond donors (Lipinski definition) is 1. The number of pyridine rings is 1. The summed E-state index contributed by atoms with van der Waals surface area (Å²) in [4.78, 5) is 13.8. The van der Waals surface area contributed by atoms with Gasteiger partial charge < -0.3 is 9.72 Å². The van der Waals surface area contributed by atoms with Crippen molar-refractivity contribution in [3.63, 3.8) is 0 Å². The molecule has 0 radical (unpaired) electrons. The minimum Gasteiger partial charge on any atom is -0.489 e. The smallest absolute Gasteiger partial charge is 0.149 e. The molecule has 0 amide bonds. The van der Waals surface area contributed by atoms with Crippen LogP contribution in [0.3, 0.4) is 0 Å². The van der Waals surface area contributed by atoms with E-state index < -0.39 is 0 Å². The third-order valence-electron chi connectivity index (χ3n) is 5.63. The van der Waals surface area contributed by atoms with Crippen LogP contribution in [-0.4, -0.2) is 24.6 Å². The molecule has 0 bridgehead atoms. The van der Waals surface area contributed by atoms with Gasteiger partial charge in [-0.2, -0.15) is 5.10 Å². The first-order valence-corrected chi connectivity index (χ1v) is 11.8. The molecular weight excluding hydrogens is 442 g/mol. The van der Waals surface area contributed by atoms with Gasteiger partial charge in [0.25, 0.3) is 0 Å². The van der Waals surface area contributed by atoms with E-state index in [0.717, 1.165) is 55.1 Å². The molecule has 2 aromatic carbocycles. The Labute approximate surface area is 200 Å². The van der Waals surface area contributed by atoms with Crippen molar-refractivity contribution in [2.75, 3.05) is 0 Å². The number of imidazole rings is 1. The third kappa shape index (κ3) is 3.76. The van der Waals surface area contributed by atoms with Crippen LogP contribution in [0.1, 0.15) is 11.3 Å². The normalized spacial score (nSPS) is 11.2. The Morgan fingerprint density at radius 1 is 1.00 bits per heavy atom. The summed E-state index contributed by atoms with van der Waals surface area (Å²) >= 11 is 1.62. The van der Waals surface area contributed by atoms with Crippen molar-refractivity contribution < 1.29 is 4.74 Å². The van der Waals surface area contributed by atoms with E-state index >= 15 is 0 Å². The van der Waals surface area contributed by atoms with Gasteiger partial charge in [0.15, 0.2) is 0 Å².